The molecule has 118 valence electrons. The molecule has 2 aromatic carbocycles. The van der Waals surface area contributed by atoms with Crippen LogP contribution in [-0.2, 0) is 25.9 Å². The molecule has 2 nitrogen and oxygen atoms in total. The van der Waals surface area contributed by atoms with Crippen LogP contribution in [0.5, 0.6) is 0 Å². The number of fused-ring (bicyclic) bond motifs is 3. The van der Waals surface area contributed by atoms with Crippen molar-refractivity contribution in [1.82, 2.24) is 9.47 Å². The first-order valence-corrected chi connectivity index (χ1v) is 8.63. The van der Waals surface area contributed by atoms with Crippen LogP contribution >= 0.6 is 11.6 Å². The molecule has 3 heteroatoms. The van der Waals surface area contributed by atoms with Gasteiger partial charge in [-0.3, -0.25) is 0 Å². The first kappa shape index (κ1) is 14.8. The predicted molar refractivity (Wildman–Crippen MR) is 97.1 cm³/mol. The van der Waals surface area contributed by atoms with Crippen LogP contribution < -0.4 is 0 Å². The number of likely N-dealkylation sites (N-methyl/N-ethyl adjacent to an activating group) is 1. The molecule has 1 aliphatic heterocycles. The molecule has 2 heterocycles. The highest BCUT2D eigenvalue weighted by molar-refractivity contribution is 6.35. The van der Waals surface area contributed by atoms with Gasteiger partial charge in [-0.05, 0) is 30.7 Å². The molecule has 0 amide bonds. The number of rotatable bonds is 3. The molecule has 0 fully saturated rings. The zero-order valence-corrected chi connectivity index (χ0v) is 14.2. The highest BCUT2D eigenvalue weighted by Gasteiger charge is 2.23. The molecule has 4 rings (SSSR count). The summed E-state index contributed by atoms with van der Waals surface area (Å²) < 4.78 is 2.47. The average Bonchev–Trinajstić information content (AvgIpc) is 2.88. The van der Waals surface area contributed by atoms with Gasteiger partial charge >= 0.3 is 0 Å². The Kier molecular flexibility index (Phi) is 3.88. The van der Waals surface area contributed by atoms with Gasteiger partial charge in [0.15, 0.2) is 0 Å². The Bertz CT molecular complexity index is 836. The van der Waals surface area contributed by atoms with Crippen molar-refractivity contribution in [2.75, 3.05) is 13.6 Å². The average molecular weight is 325 g/mol. The number of aromatic nitrogens is 1. The highest BCUT2D eigenvalue weighted by atomic mass is 35.5. The quantitative estimate of drug-likeness (QED) is 0.687. The second-order valence-corrected chi connectivity index (χ2v) is 6.84. The molecule has 0 saturated heterocycles. The summed E-state index contributed by atoms with van der Waals surface area (Å²) in [6, 6.07) is 17.0. The van der Waals surface area contributed by atoms with Gasteiger partial charge in [0.05, 0.1) is 10.5 Å². The van der Waals surface area contributed by atoms with Gasteiger partial charge in [-0.25, -0.2) is 0 Å². The number of nitrogens with zero attached hydrogens (tertiary/aromatic N) is 2. The normalized spacial score (nSPS) is 15.0. The van der Waals surface area contributed by atoms with E-state index in [0.29, 0.717) is 0 Å². The molecule has 0 N–H and O–H groups in total. The molecule has 0 atom stereocenters. The molecule has 0 saturated carbocycles. The van der Waals surface area contributed by atoms with Gasteiger partial charge in [0.2, 0.25) is 0 Å². The van der Waals surface area contributed by atoms with Crippen molar-refractivity contribution < 1.29 is 0 Å². The van der Waals surface area contributed by atoms with E-state index in [-0.39, 0.29) is 0 Å². The Morgan fingerprint density at radius 3 is 2.70 bits per heavy atom. The monoisotopic (exact) mass is 324 g/mol. The van der Waals surface area contributed by atoms with E-state index >= 15 is 0 Å². The first-order chi connectivity index (χ1) is 11.2. The number of hydrogen-bond donors (Lipinski definition) is 0. The lowest BCUT2D eigenvalue weighted by Gasteiger charge is -2.24. The largest absolute Gasteiger partial charge is 0.343 e. The minimum absolute atomic E-state index is 0.868. The van der Waals surface area contributed by atoms with Crippen molar-refractivity contribution in [2.45, 2.75) is 25.9 Å². The van der Waals surface area contributed by atoms with E-state index in [1.165, 1.54) is 27.7 Å². The summed E-state index contributed by atoms with van der Waals surface area (Å²) in [5, 5.41) is 2.19. The molecule has 3 aromatic rings. The third-order valence-electron chi connectivity index (χ3n) is 4.88. The predicted octanol–water partition coefficient (Wildman–Crippen LogP) is 4.53. The van der Waals surface area contributed by atoms with E-state index in [9.17, 15) is 0 Å². The number of para-hydroxylation sites is 1. The number of halogens is 1. The van der Waals surface area contributed by atoms with Crippen molar-refractivity contribution in [2.24, 2.45) is 0 Å². The second-order valence-electron chi connectivity index (χ2n) is 6.44. The molecule has 23 heavy (non-hydrogen) atoms. The zero-order valence-electron chi connectivity index (χ0n) is 13.4. The lowest BCUT2D eigenvalue weighted by molar-refractivity contribution is 0.309. The van der Waals surface area contributed by atoms with Gasteiger partial charge in [-0.15, -0.1) is 0 Å². The van der Waals surface area contributed by atoms with Crippen LogP contribution in [0.2, 0.25) is 5.02 Å². The molecule has 0 aliphatic carbocycles. The molecule has 1 aromatic heterocycles. The molecular weight excluding hydrogens is 304 g/mol. The van der Waals surface area contributed by atoms with E-state index in [4.69, 9.17) is 11.6 Å². The summed E-state index contributed by atoms with van der Waals surface area (Å²) in [5.41, 5.74) is 5.53. The van der Waals surface area contributed by atoms with Gasteiger partial charge in [-0.2, -0.15) is 0 Å². The van der Waals surface area contributed by atoms with Crippen LogP contribution in [0.3, 0.4) is 0 Å². The molecule has 0 bridgehead atoms. The van der Waals surface area contributed by atoms with Crippen molar-refractivity contribution in [1.29, 1.82) is 0 Å². The highest BCUT2D eigenvalue weighted by Crippen LogP contribution is 2.34. The molecule has 0 radical (unpaired) electrons. The van der Waals surface area contributed by atoms with E-state index in [0.717, 1.165) is 37.5 Å². The minimum atomic E-state index is 0.868. The minimum Gasteiger partial charge on any atom is -0.343 e. The summed E-state index contributed by atoms with van der Waals surface area (Å²) in [6.45, 7) is 3.13. The summed E-state index contributed by atoms with van der Waals surface area (Å²) in [5.74, 6) is 0. The van der Waals surface area contributed by atoms with Gasteiger partial charge in [-0.1, -0.05) is 54.1 Å². The lowest BCUT2D eigenvalue weighted by atomic mass is 10.1. The van der Waals surface area contributed by atoms with Gasteiger partial charge in [0, 0.05) is 37.1 Å². The Morgan fingerprint density at radius 2 is 1.87 bits per heavy atom. The summed E-state index contributed by atoms with van der Waals surface area (Å²) >= 11 is 6.57. The maximum atomic E-state index is 6.57. The Balaban J connectivity index is 1.79. The molecule has 0 spiro atoms. The fourth-order valence-corrected chi connectivity index (χ4v) is 4.00. The Labute approximate surface area is 142 Å². The molecular formula is C20H21ClN2. The van der Waals surface area contributed by atoms with Crippen LogP contribution in [0.4, 0.5) is 0 Å². The van der Waals surface area contributed by atoms with Gasteiger partial charge < -0.3 is 9.47 Å². The number of benzene rings is 2. The maximum Gasteiger partial charge on any atom is 0.0675 e. The Hall–Kier alpha value is -1.77. The summed E-state index contributed by atoms with van der Waals surface area (Å²) in [7, 11) is 2.20. The van der Waals surface area contributed by atoms with Crippen molar-refractivity contribution >= 4 is 22.5 Å². The fourth-order valence-electron chi connectivity index (χ4n) is 3.73. The van der Waals surface area contributed by atoms with Gasteiger partial charge in [0.1, 0.15) is 0 Å². The first-order valence-electron chi connectivity index (χ1n) is 8.25. The SMILES string of the molecule is CN1CCc2c(c3cccc(Cl)c3n2CCc2ccccc2)C1. The fraction of sp³-hybridized carbons (Fsp3) is 0.300. The zero-order chi connectivity index (χ0) is 15.8. The van der Waals surface area contributed by atoms with Crippen LogP contribution in [0.25, 0.3) is 10.9 Å². The van der Waals surface area contributed by atoms with Crippen LogP contribution in [-0.4, -0.2) is 23.1 Å². The summed E-state index contributed by atoms with van der Waals surface area (Å²) in [4.78, 5) is 2.39. The number of hydrogen-bond acceptors (Lipinski definition) is 1. The van der Waals surface area contributed by atoms with E-state index in [1.807, 2.05) is 6.07 Å². The topological polar surface area (TPSA) is 8.17 Å². The van der Waals surface area contributed by atoms with E-state index in [2.05, 4.69) is 59.0 Å². The van der Waals surface area contributed by atoms with Crippen LogP contribution in [0.1, 0.15) is 16.8 Å². The maximum absolute atomic E-state index is 6.57. The third-order valence-corrected chi connectivity index (χ3v) is 5.19. The van der Waals surface area contributed by atoms with Crippen molar-refractivity contribution in [3.05, 3.63) is 70.4 Å². The van der Waals surface area contributed by atoms with E-state index in [1.54, 1.807) is 0 Å². The van der Waals surface area contributed by atoms with Crippen LogP contribution in [0.15, 0.2) is 48.5 Å². The van der Waals surface area contributed by atoms with Crippen molar-refractivity contribution in [3.63, 3.8) is 0 Å². The van der Waals surface area contributed by atoms with Crippen LogP contribution in [0, 0.1) is 0 Å². The third kappa shape index (κ3) is 2.66. The Morgan fingerprint density at radius 1 is 1.04 bits per heavy atom. The van der Waals surface area contributed by atoms with E-state index < -0.39 is 0 Å². The lowest BCUT2D eigenvalue weighted by Crippen LogP contribution is -2.27. The smallest absolute Gasteiger partial charge is 0.0675 e. The standard InChI is InChI=1S/C20H21ClN2/c1-22-12-11-19-17(14-22)16-8-5-9-18(21)20(16)23(19)13-10-15-6-3-2-4-7-15/h2-9H,10-14H2,1H3. The molecule has 1 aliphatic rings. The second kappa shape index (κ2) is 6.03. The van der Waals surface area contributed by atoms with Crippen molar-refractivity contribution in [3.8, 4) is 0 Å². The summed E-state index contributed by atoms with van der Waals surface area (Å²) in [6.07, 6.45) is 2.14. The molecule has 0 unspecified atom stereocenters. The number of aryl methyl sites for hydroxylation is 2. The van der Waals surface area contributed by atoms with Gasteiger partial charge in [0.25, 0.3) is 0 Å².